The third-order valence-corrected chi connectivity index (χ3v) is 5.07. The van der Waals surface area contributed by atoms with Gasteiger partial charge < -0.3 is 25.2 Å². The van der Waals surface area contributed by atoms with Gasteiger partial charge in [-0.15, -0.1) is 0 Å². The number of aryl methyl sites for hydroxylation is 2. The first-order valence-electron chi connectivity index (χ1n) is 10.3. The smallest absolute Gasteiger partial charge is 0.325 e. The van der Waals surface area contributed by atoms with Crippen LogP contribution < -0.4 is 10.6 Å². The minimum absolute atomic E-state index is 0.0245. The van der Waals surface area contributed by atoms with E-state index in [1.807, 2.05) is 0 Å². The van der Waals surface area contributed by atoms with Crippen LogP contribution in [0.5, 0.6) is 0 Å². The first kappa shape index (κ1) is 20.9. The molecule has 0 unspecified atom stereocenters. The zero-order valence-electron chi connectivity index (χ0n) is 16.9. The highest BCUT2D eigenvalue weighted by Gasteiger charge is 2.28. The van der Waals surface area contributed by atoms with Crippen molar-refractivity contribution in [1.82, 2.24) is 20.1 Å². The second-order valence-corrected chi connectivity index (χ2v) is 7.22. The van der Waals surface area contributed by atoms with E-state index < -0.39 is 5.97 Å². The Hall–Kier alpha value is -2.84. The molecule has 1 aromatic heterocycles. The van der Waals surface area contributed by atoms with Crippen LogP contribution in [0, 0.1) is 0 Å². The normalized spacial score (nSPS) is 16.1. The van der Waals surface area contributed by atoms with E-state index in [4.69, 9.17) is 4.74 Å². The summed E-state index contributed by atoms with van der Waals surface area (Å²) >= 11 is 0. The molecule has 0 atom stereocenters. The second-order valence-electron chi connectivity index (χ2n) is 7.22. The van der Waals surface area contributed by atoms with Gasteiger partial charge in [0, 0.05) is 31.9 Å². The summed E-state index contributed by atoms with van der Waals surface area (Å²) in [5.74, 6) is 0.312. The largest absolute Gasteiger partial charge is 0.465 e. The molecule has 0 saturated carbocycles. The number of piperazine rings is 1. The first-order valence-corrected chi connectivity index (χ1v) is 10.3. The van der Waals surface area contributed by atoms with Crippen molar-refractivity contribution in [3.05, 3.63) is 23.4 Å². The number of ether oxygens (including phenoxy) is 1. The van der Waals surface area contributed by atoms with Gasteiger partial charge in [-0.2, -0.15) is 0 Å². The first-order chi connectivity index (χ1) is 14.1. The topological polar surface area (TPSA) is 104 Å². The highest BCUT2D eigenvalue weighted by Crippen LogP contribution is 2.20. The Kier molecular flexibility index (Phi) is 7.26. The number of nitrogens with zero attached hydrogens (tertiary/aromatic N) is 3. The summed E-state index contributed by atoms with van der Waals surface area (Å²) in [5.41, 5.74) is 2.27. The summed E-state index contributed by atoms with van der Waals surface area (Å²) in [6.45, 7) is 4.13. The monoisotopic (exact) mass is 403 g/mol. The highest BCUT2D eigenvalue weighted by molar-refractivity contribution is 5.87. The van der Waals surface area contributed by atoms with E-state index >= 15 is 0 Å². The summed E-state index contributed by atoms with van der Waals surface area (Å²) in [6, 6.07) is 3.92. The summed E-state index contributed by atoms with van der Waals surface area (Å²) in [5, 5.41) is 6.19. The fraction of sp³-hybridized carbons (Fsp3) is 0.600. The molecule has 0 aromatic carbocycles. The number of esters is 1. The number of pyridine rings is 1. The number of anilines is 1. The van der Waals surface area contributed by atoms with Crippen LogP contribution in [0.3, 0.4) is 0 Å². The molecule has 0 spiro atoms. The molecule has 29 heavy (non-hydrogen) atoms. The van der Waals surface area contributed by atoms with Crippen molar-refractivity contribution in [2.75, 3.05) is 51.2 Å². The van der Waals surface area contributed by atoms with E-state index in [9.17, 15) is 14.4 Å². The molecule has 158 valence electrons. The SMILES string of the molecule is CCOC(=O)CN1CCN(C(=O)NCCCc2ccc3c(n2)NCCC3)CC1=O. The molecule has 9 heteroatoms. The maximum absolute atomic E-state index is 12.3. The number of hydrogen-bond donors (Lipinski definition) is 2. The van der Waals surface area contributed by atoms with Gasteiger partial charge in [0.2, 0.25) is 5.91 Å². The molecule has 3 amide bonds. The lowest BCUT2D eigenvalue weighted by molar-refractivity contribution is -0.150. The van der Waals surface area contributed by atoms with Gasteiger partial charge in [-0.05, 0) is 44.2 Å². The van der Waals surface area contributed by atoms with Crippen molar-refractivity contribution >= 4 is 23.7 Å². The second kappa shape index (κ2) is 10.1. The molecule has 2 N–H and O–H groups in total. The van der Waals surface area contributed by atoms with Gasteiger partial charge in [0.15, 0.2) is 0 Å². The van der Waals surface area contributed by atoms with Gasteiger partial charge in [0.25, 0.3) is 0 Å². The Morgan fingerprint density at radius 1 is 1.31 bits per heavy atom. The van der Waals surface area contributed by atoms with Crippen LogP contribution in [-0.4, -0.2) is 78.6 Å². The molecule has 3 rings (SSSR count). The van der Waals surface area contributed by atoms with Gasteiger partial charge in [-0.1, -0.05) is 6.07 Å². The van der Waals surface area contributed by atoms with Gasteiger partial charge in [0.1, 0.15) is 18.9 Å². The predicted octanol–water partition coefficient (Wildman–Crippen LogP) is 0.789. The van der Waals surface area contributed by atoms with Crippen LogP contribution in [-0.2, 0) is 27.2 Å². The molecular weight excluding hydrogens is 374 g/mol. The van der Waals surface area contributed by atoms with Crippen molar-refractivity contribution in [2.24, 2.45) is 0 Å². The number of carbonyl (C=O) groups excluding carboxylic acids is 3. The quantitative estimate of drug-likeness (QED) is 0.515. The fourth-order valence-electron chi connectivity index (χ4n) is 3.50. The van der Waals surface area contributed by atoms with E-state index in [1.165, 1.54) is 15.4 Å². The summed E-state index contributed by atoms with van der Waals surface area (Å²) in [6.07, 6.45) is 3.76. The minimum atomic E-state index is -0.426. The number of nitrogens with one attached hydrogen (secondary N) is 2. The summed E-state index contributed by atoms with van der Waals surface area (Å²) in [4.78, 5) is 43.6. The van der Waals surface area contributed by atoms with E-state index in [2.05, 4.69) is 27.8 Å². The number of amides is 3. The number of hydrogen-bond acceptors (Lipinski definition) is 6. The number of aromatic nitrogens is 1. The Bertz CT molecular complexity index is 754. The molecule has 3 heterocycles. The standard InChI is InChI=1S/C20H29N5O4/c1-2-29-18(27)14-24-11-12-25(13-17(24)26)20(28)22-10-4-6-16-8-7-15-5-3-9-21-19(15)23-16/h7-8H,2-6,9-14H2,1H3,(H,21,23)(H,22,28). The summed E-state index contributed by atoms with van der Waals surface area (Å²) in [7, 11) is 0. The van der Waals surface area contributed by atoms with Crippen molar-refractivity contribution in [3.8, 4) is 0 Å². The average molecular weight is 403 g/mol. The number of carbonyl (C=O) groups is 3. The molecule has 0 aliphatic carbocycles. The van der Waals surface area contributed by atoms with Crippen LogP contribution >= 0.6 is 0 Å². The number of urea groups is 1. The van der Waals surface area contributed by atoms with Crippen LogP contribution in [0.2, 0.25) is 0 Å². The molecule has 2 aliphatic rings. The fourth-order valence-corrected chi connectivity index (χ4v) is 3.50. The third kappa shape index (κ3) is 5.82. The molecule has 0 bridgehead atoms. The van der Waals surface area contributed by atoms with E-state index in [1.54, 1.807) is 6.92 Å². The maximum atomic E-state index is 12.3. The van der Waals surface area contributed by atoms with Gasteiger partial charge >= 0.3 is 12.0 Å². The zero-order chi connectivity index (χ0) is 20.6. The van der Waals surface area contributed by atoms with E-state index in [0.29, 0.717) is 19.6 Å². The molecular formula is C20H29N5O4. The van der Waals surface area contributed by atoms with E-state index in [-0.39, 0.29) is 31.6 Å². The van der Waals surface area contributed by atoms with Crippen LogP contribution in [0.4, 0.5) is 10.6 Å². The number of rotatable bonds is 7. The molecule has 0 radical (unpaired) electrons. The van der Waals surface area contributed by atoms with E-state index in [0.717, 1.165) is 43.7 Å². The molecule has 1 fully saturated rings. The van der Waals surface area contributed by atoms with Crippen molar-refractivity contribution in [3.63, 3.8) is 0 Å². The predicted molar refractivity (Wildman–Crippen MR) is 108 cm³/mol. The lowest BCUT2D eigenvalue weighted by Gasteiger charge is -2.33. The van der Waals surface area contributed by atoms with Crippen LogP contribution in [0.25, 0.3) is 0 Å². The summed E-state index contributed by atoms with van der Waals surface area (Å²) < 4.78 is 4.87. The average Bonchev–Trinajstić information content (AvgIpc) is 2.72. The molecule has 1 aromatic rings. The molecule has 2 aliphatic heterocycles. The van der Waals surface area contributed by atoms with Gasteiger partial charge in [-0.3, -0.25) is 9.59 Å². The minimum Gasteiger partial charge on any atom is -0.465 e. The lowest BCUT2D eigenvalue weighted by Crippen LogP contribution is -2.55. The van der Waals surface area contributed by atoms with Crippen molar-refractivity contribution in [1.29, 1.82) is 0 Å². The number of fused-ring (bicyclic) bond motifs is 1. The third-order valence-electron chi connectivity index (χ3n) is 5.07. The van der Waals surface area contributed by atoms with Crippen LogP contribution in [0.1, 0.15) is 31.0 Å². The van der Waals surface area contributed by atoms with Crippen molar-refractivity contribution in [2.45, 2.75) is 32.6 Å². The molecule has 9 nitrogen and oxygen atoms in total. The Morgan fingerprint density at radius 2 is 2.17 bits per heavy atom. The van der Waals surface area contributed by atoms with Gasteiger partial charge in [0.05, 0.1) is 6.61 Å². The Morgan fingerprint density at radius 3 is 2.97 bits per heavy atom. The van der Waals surface area contributed by atoms with Gasteiger partial charge in [-0.25, -0.2) is 9.78 Å². The Balaban J connectivity index is 1.37. The lowest BCUT2D eigenvalue weighted by atomic mass is 10.1. The highest BCUT2D eigenvalue weighted by atomic mass is 16.5. The Labute approximate surface area is 170 Å². The zero-order valence-corrected chi connectivity index (χ0v) is 16.9. The maximum Gasteiger partial charge on any atom is 0.325 e. The van der Waals surface area contributed by atoms with Crippen LogP contribution in [0.15, 0.2) is 12.1 Å². The molecule has 1 saturated heterocycles. The van der Waals surface area contributed by atoms with Crippen molar-refractivity contribution < 1.29 is 19.1 Å².